The van der Waals surface area contributed by atoms with Crippen LogP contribution in [0.5, 0.6) is 0 Å². The molecule has 1 fully saturated rings. The third-order valence-electron chi connectivity index (χ3n) is 7.09. The maximum absolute atomic E-state index is 13.6. The fourth-order valence-electron chi connectivity index (χ4n) is 5.37. The van der Waals surface area contributed by atoms with Crippen LogP contribution in [-0.2, 0) is 17.9 Å². The monoisotopic (exact) mass is 470 g/mol. The topological polar surface area (TPSA) is 82.5 Å². The Hall–Kier alpha value is -3.65. The third kappa shape index (κ3) is 5.07. The van der Waals surface area contributed by atoms with E-state index < -0.39 is 0 Å². The molecule has 0 radical (unpaired) electrons. The van der Waals surface area contributed by atoms with Gasteiger partial charge in [0.15, 0.2) is 0 Å². The molecule has 5 rings (SSSR count). The van der Waals surface area contributed by atoms with Crippen molar-refractivity contribution >= 4 is 17.5 Å². The fraction of sp³-hybridized carbons (Fsp3) is 0.370. The zero-order valence-corrected chi connectivity index (χ0v) is 20.0. The van der Waals surface area contributed by atoms with Crippen LogP contribution in [0.4, 0.5) is 5.69 Å². The molecule has 1 saturated heterocycles. The third-order valence-corrected chi connectivity index (χ3v) is 7.09. The van der Waals surface area contributed by atoms with Crippen LogP contribution >= 0.6 is 0 Å². The molecule has 0 N–H and O–H groups in total. The van der Waals surface area contributed by atoms with E-state index in [0.717, 1.165) is 42.6 Å². The average Bonchev–Trinajstić information content (AvgIpc) is 3.24. The number of aromatic nitrogens is 3. The van der Waals surface area contributed by atoms with E-state index in [0.29, 0.717) is 31.4 Å². The first-order valence-electron chi connectivity index (χ1n) is 12.2. The van der Waals surface area contributed by atoms with Gasteiger partial charge in [0.05, 0.1) is 0 Å². The lowest BCUT2D eigenvalue weighted by molar-refractivity contribution is -0.116. The van der Waals surface area contributed by atoms with Crippen molar-refractivity contribution in [3.8, 4) is 0 Å². The number of hydrogen-bond acceptors (Lipinski definition) is 6. The highest BCUT2D eigenvalue weighted by molar-refractivity contribution is 5.93. The van der Waals surface area contributed by atoms with Crippen molar-refractivity contribution in [2.75, 3.05) is 18.0 Å². The predicted molar refractivity (Wildman–Crippen MR) is 132 cm³/mol. The summed E-state index contributed by atoms with van der Waals surface area (Å²) in [6.45, 7) is 4.03. The van der Waals surface area contributed by atoms with E-state index in [1.165, 1.54) is 6.33 Å². The summed E-state index contributed by atoms with van der Waals surface area (Å²) < 4.78 is 0. The summed E-state index contributed by atoms with van der Waals surface area (Å²) in [5.41, 5.74) is 3.36. The molecular weight excluding hydrogens is 440 g/mol. The summed E-state index contributed by atoms with van der Waals surface area (Å²) in [5.74, 6) is -0.112. The molecule has 2 atom stereocenters. The highest BCUT2D eigenvalue weighted by atomic mass is 16.2. The van der Waals surface area contributed by atoms with Gasteiger partial charge in [-0.1, -0.05) is 24.3 Å². The minimum atomic E-state index is -0.124. The first kappa shape index (κ1) is 23.1. The van der Waals surface area contributed by atoms with Crippen molar-refractivity contribution < 1.29 is 9.59 Å². The molecule has 2 aromatic heterocycles. The average molecular weight is 471 g/mol. The number of para-hydroxylation sites is 1. The second kappa shape index (κ2) is 10.3. The second-order valence-corrected chi connectivity index (χ2v) is 9.29. The summed E-state index contributed by atoms with van der Waals surface area (Å²) >= 11 is 0. The molecule has 8 heteroatoms. The maximum Gasteiger partial charge on any atom is 0.272 e. The molecule has 0 saturated carbocycles. The number of amides is 2. The van der Waals surface area contributed by atoms with Crippen LogP contribution in [0.3, 0.4) is 0 Å². The van der Waals surface area contributed by atoms with Gasteiger partial charge in [-0.2, -0.15) is 0 Å². The van der Waals surface area contributed by atoms with Crippen molar-refractivity contribution in [3.05, 3.63) is 84.2 Å². The first-order chi connectivity index (χ1) is 17.1. The molecule has 4 heterocycles. The summed E-state index contributed by atoms with van der Waals surface area (Å²) in [5, 5.41) is 0. The van der Waals surface area contributed by atoms with Gasteiger partial charge in [-0.3, -0.25) is 19.5 Å². The molecule has 3 aromatic rings. The van der Waals surface area contributed by atoms with Crippen LogP contribution in [0.2, 0.25) is 0 Å². The van der Waals surface area contributed by atoms with E-state index in [1.807, 2.05) is 46.3 Å². The molecule has 35 heavy (non-hydrogen) atoms. The van der Waals surface area contributed by atoms with E-state index in [4.69, 9.17) is 0 Å². The van der Waals surface area contributed by atoms with Gasteiger partial charge < -0.3 is 9.80 Å². The number of fused-ring (bicyclic) bond motifs is 3. The van der Waals surface area contributed by atoms with Crippen molar-refractivity contribution in [1.29, 1.82) is 0 Å². The number of rotatable bonds is 3. The summed E-state index contributed by atoms with van der Waals surface area (Å²) in [4.78, 5) is 45.1. The number of carbonyl (C=O) groups is 2. The van der Waals surface area contributed by atoms with E-state index in [2.05, 4.69) is 25.9 Å². The van der Waals surface area contributed by atoms with Gasteiger partial charge in [-0.15, -0.1) is 0 Å². The standard InChI is InChI=1S/C27H30N6O2/c1-20(34)32-14-11-23-8-9-24(33(23)16-21-5-4-12-28-15-21)18-31(17-22-6-2-3-7-26(22)32)27(35)25-10-13-29-19-30-25/h2-7,10,12-13,15,19,23-24H,8-9,11,14,16-18H2,1H3. The van der Waals surface area contributed by atoms with Gasteiger partial charge in [0.2, 0.25) is 5.91 Å². The van der Waals surface area contributed by atoms with Gasteiger partial charge in [0.25, 0.3) is 5.91 Å². The van der Waals surface area contributed by atoms with E-state index in [9.17, 15) is 9.59 Å². The fourth-order valence-corrected chi connectivity index (χ4v) is 5.37. The summed E-state index contributed by atoms with van der Waals surface area (Å²) in [6.07, 6.45) is 9.61. The summed E-state index contributed by atoms with van der Waals surface area (Å²) in [6, 6.07) is 14.2. The molecule has 1 aromatic carbocycles. The number of carbonyl (C=O) groups excluding carboxylic acids is 2. The maximum atomic E-state index is 13.6. The Morgan fingerprint density at radius 2 is 1.83 bits per heavy atom. The lowest BCUT2D eigenvalue weighted by Gasteiger charge is -2.33. The van der Waals surface area contributed by atoms with Crippen LogP contribution in [-0.4, -0.2) is 61.7 Å². The van der Waals surface area contributed by atoms with E-state index in [1.54, 1.807) is 25.4 Å². The zero-order chi connectivity index (χ0) is 24.2. The minimum absolute atomic E-state index is 0.0127. The predicted octanol–water partition coefficient (Wildman–Crippen LogP) is 3.30. The SMILES string of the molecule is CC(=O)N1CCC2CCC(CN(C(=O)c3ccncn3)Cc3ccccc31)N2Cc1cccnc1. The number of hydrogen-bond donors (Lipinski definition) is 0. The molecule has 0 spiro atoms. The Labute approximate surface area is 205 Å². The lowest BCUT2D eigenvalue weighted by Crippen LogP contribution is -2.45. The number of nitrogens with zero attached hydrogens (tertiary/aromatic N) is 6. The number of benzene rings is 1. The van der Waals surface area contributed by atoms with Crippen LogP contribution in [0.15, 0.2) is 67.4 Å². The molecule has 180 valence electrons. The largest absolute Gasteiger partial charge is 0.331 e. The molecule has 2 amide bonds. The highest BCUT2D eigenvalue weighted by Gasteiger charge is 2.37. The van der Waals surface area contributed by atoms with Gasteiger partial charge in [0, 0.05) is 69.5 Å². The van der Waals surface area contributed by atoms with Crippen LogP contribution in [0, 0.1) is 0 Å². The minimum Gasteiger partial charge on any atom is -0.331 e. The van der Waals surface area contributed by atoms with Gasteiger partial charge in [-0.25, -0.2) is 9.97 Å². The number of anilines is 1. The van der Waals surface area contributed by atoms with Gasteiger partial charge in [-0.05, 0) is 48.6 Å². The van der Waals surface area contributed by atoms with E-state index in [-0.39, 0.29) is 17.9 Å². The van der Waals surface area contributed by atoms with Crippen molar-refractivity contribution in [2.45, 2.75) is 51.4 Å². The van der Waals surface area contributed by atoms with Gasteiger partial charge in [0.1, 0.15) is 12.0 Å². The van der Waals surface area contributed by atoms with E-state index >= 15 is 0 Å². The first-order valence-corrected chi connectivity index (χ1v) is 12.2. The van der Waals surface area contributed by atoms with Crippen molar-refractivity contribution in [2.24, 2.45) is 0 Å². The molecule has 2 unspecified atom stereocenters. The Balaban J connectivity index is 1.53. The molecule has 0 aliphatic carbocycles. The molecule has 2 aliphatic rings. The Kier molecular flexibility index (Phi) is 6.81. The van der Waals surface area contributed by atoms with Crippen LogP contribution in [0.25, 0.3) is 0 Å². The quantitative estimate of drug-likeness (QED) is 0.584. The lowest BCUT2D eigenvalue weighted by atomic mass is 10.1. The Morgan fingerprint density at radius 3 is 2.60 bits per heavy atom. The normalized spacial score (nSPS) is 20.7. The second-order valence-electron chi connectivity index (χ2n) is 9.29. The smallest absolute Gasteiger partial charge is 0.272 e. The number of pyridine rings is 1. The molecule has 8 nitrogen and oxygen atoms in total. The van der Waals surface area contributed by atoms with Crippen molar-refractivity contribution in [1.82, 2.24) is 24.8 Å². The van der Waals surface area contributed by atoms with Crippen LogP contribution < -0.4 is 4.90 Å². The zero-order valence-electron chi connectivity index (χ0n) is 20.0. The molecule has 2 aliphatic heterocycles. The Bertz CT molecular complexity index is 1170. The highest BCUT2D eigenvalue weighted by Crippen LogP contribution is 2.32. The van der Waals surface area contributed by atoms with Crippen LogP contribution in [0.1, 0.15) is 47.8 Å². The van der Waals surface area contributed by atoms with Crippen molar-refractivity contribution in [3.63, 3.8) is 0 Å². The summed E-state index contributed by atoms with van der Waals surface area (Å²) in [7, 11) is 0. The Morgan fingerprint density at radius 1 is 0.971 bits per heavy atom. The molecule has 2 bridgehead atoms. The van der Waals surface area contributed by atoms with Gasteiger partial charge >= 0.3 is 0 Å². The molecular formula is C27H30N6O2.